The van der Waals surface area contributed by atoms with Crippen molar-refractivity contribution in [2.45, 2.75) is 6.85 Å². The van der Waals surface area contributed by atoms with Crippen LogP contribution in [0.2, 0.25) is 0 Å². The van der Waals surface area contributed by atoms with Crippen LogP contribution in [0.25, 0.3) is 0 Å². The Morgan fingerprint density at radius 1 is 1.50 bits per heavy atom. The zero-order valence-electron chi connectivity index (χ0n) is 6.79. The summed E-state index contributed by atoms with van der Waals surface area (Å²) in [5.74, 6) is -6.03. The van der Waals surface area contributed by atoms with Gasteiger partial charge >= 0.3 is 11.9 Å². The van der Waals surface area contributed by atoms with Gasteiger partial charge in [0.2, 0.25) is 0 Å². The minimum atomic E-state index is -2.99. The average Bonchev–Trinajstić information content (AvgIpc) is 1.54. The molecule has 0 atom stereocenters. The first-order chi connectivity index (χ1) is 4.76. The Morgan fingerprint density at radius 2 is 1.88 bits per heavy atom. The second-order valence-electron chi connectivity index (χ2n) is 1.11. The number of hydrogen-bond acceptors (Lipinski definition) is 2. The van der Waals surface area contributed by atoms with Crippen molar-refractivity contribution in [3.63, 3.8) is 0 Å². The molecule has 8 heavy (non-hydrogen) atoms. The van der Waals surface area contributed by atoms with Gasteiger partial charge in [-0.15, -0.1) is 0 Å². The Morgan fingerprint density at radius 3 is 1.88 bits per heavy atom. The molecule has 0 unspecified atom stereocenters. The molecule has 2 N–H and O–H groups in total. The summed E-state index contributed by atoms with van der Waals surface area (Å²) in [5.41, 5.74) is 0. The molecule has 0 bridgehead atoms. The van der Waals surface area contributed by atoms with Crippen LogP contribution in [-0.4, -0.2) is 22.2 Å². The third-order valence-electron chi connectivity index (χ3n) is 0.494. The molecule has 0 aliphatic heterocycles. The summed E-state index contributed by atoms with van der Waals surface area (Å²) < 4.78 is 19.6. The van der Waals surface area contributed by atoms with Crippen LogP contribution >= 0.6 is 0 Å². The van der Waals surface area contributed by atoms with E-state index in [4.69, 9.17) is 14.3 Å². The second-order valence-corrected chi connectivity index (χ2v) is 1.11. The van der Waals surface area contributed by atoms with Crippen molar-refractivity contribution < 1.29 is 23.9 Å². The molecule has 0 rings (SSSR count). The minimum absolute atomic E-state index is 1.85. The molecule has 46 valence electrons. The largest absolute Gasteiger partial charge is 0.481 e. The molecule has 0 amide bonds. The normalized spacial score (nSPS) is 16.4. The topological polar surface area (TPSA) is 74.6 Å². The van der Waals surface area contributed by atoms with Crippen molar-refractivity contribution in [1.82, 2.24) is 0 Å². The quantitative estimate of drug-likeness (QED) is 0.496. The van der Waals surface area contributed by atoms with Gasteiger partial charge in [-0.1, -0.05) is 0 Å². The highest BCUT2D eigenvalue weighted by Crippen LogP contribution is 1.91. The maximum Gasteiger partial charge on any atom is 0.317 e. The highest BCUT2D eigenvalue weighted by Gasteiger charge is 2.18. The molecular formula is C4H6O4. The molecule has 0 fully saturated rings. The van der Waals surface area contributed by atoms with Gasteiger partial charge in [-0.2, -0.15) is 0 Å². The van der Waals surface area contributed by atoms with Crippen molar-refractivity contribution in [2.24, 2.45) is 5.92 Å². The molecule has 0 aromatic rings. The van der Waals surface area contributed by atoms with Gasteiger partial charge in [0.05, 0.1) is 0 Å². The fourth-order valence-corrected chi connectivity index (χ4v) is 0.106. The van der Waals surface area contributed by atoms with E-state index >= 15 is 0 Å². The van der Waals surface area contributed by atoms with Crippen molar-refractivity contribution in [1.29, 1.82) is 0 Å². The van der Waals surface area contributed by atoms with E-state index in [-0.39, 0.29) is 0 Å². The van der Waals surface area contributed by atoms with E-state index < -0.39 is 24.7 Å². The van der Waals surface area contributed by atoms with Crippen LogP contribution in [0.3, 0.4) is 0 Å². The standard InChI is InChI=1S/C4H6O4/c1-2(3(5)6)4(7)8/h2H,1H3,(H,5,6)(H,7,8)/i1D3. The second kappa shape index (κ2) is 2.30. The maximum absolute atomic E-state index is 10.0. The molecule has 0 radical (unpaired) electrons. The van der Waals surface area contributed by atoms with Crippen LogP contribution < -0.4 is 0 Å². The van der Waals surface area contributed by atoms with E-state index in [9.17, 15) is 9.59 Å². The Balaban J connectivity index is 4.63. The zero-order chi connectivity index (χ0) is 9.23. The van der Waals surface area contributed by atoms with E-state index in [2.05, 4.69) is 0 Å². The van der Waals surface area contributed by atoms with Gasteiger partial charge in [0.1, 0.15) is 0 Å². The Hall–Kier alpha value is -1.06. The zero-order valence-corrected chi connectivity index (χ0v) is 3.79. The highest BCUT2D eigenvalue weighted by molar-refractivity contribution is 5.92. The Kier molecular flexibility index (Phi) is 0.881. The average molecular weight is 121 g/mol. The molecule has 4 nitrogen and oxygen atoms in total. The predicted octanol–water partition coefficient (Wildman–Crippen LogP) is -0.208. The molecule has 0 aliphatic rings. The molecule has 0 aromatic heterocycles. The number of rotatable bonds is 2. The van der Waals surface area contributed by atoms with Crippen LogP contribution in [0.15, 0.2) is 0 Å². The molecule has 0 saturated heterocycles. The van der Waals surface area contributed by atoms with Crippen LogP contribution in [0.4, 0.5) is 0 Å². The number of carboxylic acid groups (broad SMARTS) is 2. The number of carboxylic acids is 2. The highest BCUT2D eigenvalue weighted by atomic mass is 16.4. The third-order valence-corrected chi connectivity index (χ3v) is 0.494. The predicted molar refractivity (Wildman–Crippen MR) is 24.4 cm³/mol. The molecule has 0 aromatic carbocycles. The SMILES string of the molecule is [2H]C([2H])([2H])C(C(=O)O)C(=O)O. The van der Waals surface area contributed by atoms with Gasteiger partial charge in [-0.05, 0) is 6.85 Å². The van der Waals surface area contributed by atoms with Gasteiger partial charge in [0, 0.05) is 4.11 Å². The smallest absolute Gasteiger partial charge is 0.317 e. The lowest BCUT2D eigenvalue weighted by atomic mass is 10.2. The van der Waals surface area contributed by atoms with Gasteiger partial charge in [-0.25, -0.2) is 0 Å². The molecule has 0 heterocycles. The maximum atomic E-state index is 10.0. The number of aliphatic carboxylic acids is 2. The van der Waals surface area contributed by atoms with E-state index in [0.29, 0.717) is 0 Å². The molecule has 0 aliphatic carbocycles. The van der Waals surface area contributed by atoms with Gasteiger partial charge in [0.25, 0.3) is 0 Å². The number of carbonyl (C=O) groups is 2. The van der Waals surface area contributed by atoms with Gasteiger partial charge < -0.3 is 10.2 Å². The lowest BCUT2D eigenvalue weighted by molar-refractivity contribution is -0.153. The molecule has 0 spiro atoms. The summed E-state index contributed by atoms with van der Waals surface area (Å²) >= 11 is 0. The van der Waals surface area contributed by atoms with Crippen molar-refractivity contribution in [3.05, 3.63) is 0 Å². The van der Waals surface area contributed by atoms with Gasteiger partial charge in [-0.3, -0.25) is 9.59 Å². The molecule has 0 saturated carbocycles. The Bertz CT molecular complexity index is 170. The van der Waals surface area contributed by atoms with E-state index in [0.717, 1.165) is 0 Å². The number of hydrogen-bond donors (Lipinski definition) is 2. The summed E-state index contributed by atoms with van der Waals surface area (Å²) in [6.07, 6.45) is 0. The van der Waals surface area contributed by atoms with Crippen molar-refractivity contribution in [2.75, 3.05) is 0 Å². The third kappa shape index (κ3) is 1.59. The summed E-state index contributed by atoms with van der Waals surface area (Å²) in [6.45, 7) is -2.99. The fourth-order valence-electron chi connectivity index (χ4n) is 0.106. The summed E-state index contributed by atoms with van der Waals surface area (Å²) in [4.78, 5) is 20.1. The Labute approximate surface area is 50.0 Å². The molecular weight excluding hydrogens is 112 g/mol. The molecule has 4 heteroatoms. The van der Waals surface area contributed by atoms with Crippen LogP contribution in [0.5, 0.6) is 0 Å². The van der Waals surface area contributed by atoms with Crippen molar-refractivity contribution >= 4 is 11.9 Å². The summed E-state index contributed by atoms with van der Waals surface area (Å²) in [6, 6.07) is 0. The van der Waals surface area contributed by atoms with Gasteiger partial charge in [0.15, 0.2) is 5.92 Å². The van der Waals surface area contributed by atoms with Crippen LogP contribution in [-0.2, 0) is 9.59 Å². The lowest BCUT2D eigenvalue weighted by Gasteiger charge is -1.94. The summed E-state index contributed by atoms with van der Waals surface area (Å²) in [5, 5.41) is 16.3. The van der Waals surface area contributed by atoms with Crippen molar-refractivity contribution in [3.8, 4) is 0 Å². The van der Waals surface area contributed by atoms with Crippen LogP contribution in [0.1, 0.15) is 11.0 Å². The first-order valence-corrected chi connectivity index (χ1v) is 1.72. The van der Waals surface area contributed by atoms with E-state index in [1.807, 2.05) is 0 Å². The van der Waals surface area contributed by atoms with E-state index in [1.54, 1.807) is 0 Å². The van der Waals surface area contributed by atoms with Crippen LogP contribution in [0, 0.1) is 5.92 Å². The minimum Gasteiger partial charge on any atom is -0.481 e. The monoisotopic (exact) mass is 121 g/mol. The fraction of sp³-hybridized carbons (Fsp3) is 0.500. The first kappa shape index (κ1) is 3.06. The lowest BCUT2D eigenvalue weighted by Crippen LogP contribution is -2.19. The summed E-state index contributed by atoms with van der Waals surface area (Å²) in [7, 11) is 0. The van der Waals surface area contributed by atoms with E-state index in [1.165, 1.54) is 0 Å². The first-order valence-electron chi connectivity index (χ1n) is 3.22.